The maximum atomic E-state index is 12.2. The number of aryl methyl sites for hydroxylation is 1. The molecule has 30 heavy (non-hydrogen) atoms. The van der Waals surface area contributed by atoms with Crippen LogP contribution in [0.2, 0.25) is 0 Å². The molecule has 3 rings (SSSR count). The van der Waals surface area contributed by atoms with Crippen LogP contribution in [0.15, 0.2) is 34.6 Å². The average molecular weight is 447 g/mol. The number of nitrogens with zero attached hydrogens (tertiary/aromatic N) is 2. The SMILES string of the molecule is CCNC(=NCCc1csc(-c2ccc(C)cc2)n1)NC1CCCC(S(=O)CC)C1. The summed E-state index contributed by atoms with van der Waals surface area (Å²) in [4.78, 5) is 9.55. The van der Waals surface area contributed by atoms with E-state index < -0.39 is 10.8 Å². The molecule has 2 N–H and O–H groups in total. The molecule has 0 amide bonds. The summed E-state index contributed by atoms with van der Waals surface area (Å²) in [6.45, 7) is 7.73. The number of nitrogens with one attached hydrogen (secondary N) is 2. The van der Waals surface area contributed by atoms with E-state index in [1.807, 2.05) is 6.92 Å². The first-order valence-electron chi connectivity index (χ1n) is 11.0. The van der Waals surface area contributed by atoms with Crippen LogP contribution in [-0.2, 0) is 17.2 Å². The number of rotatable bonds is 8. The molecule has 164 valence electrons. The highest BCUT2D eigenvalue weighted by atomic mass is 32.2. The average Bonchev–Trinajstić information content (AvgIpc) is 3.23. The van der Waals surface area contributed by atoms with Crippen LogP contribution in [0.4, 0.5) is 0 Å². The molecule has 0 saturated heterocycles. The molecular weight excluding hydrogens is 412 g/mol. The lowest BCUT2D eigenvalue weighted by molar-refractivity contribution is 0.413. The lowest BCUT2D eigenvalue weighted by atomic mass is 9.95. The fourth-order valence-corrected chi connectivity index (χ4v) is 6.00. The Kier molecular flexibility index (Phi) is 8.88. The monoisotopic (exact) mass is 446 g/mol. The molecule has 2 aromatic rings. The number of hydrogen-bond donors (Lipinski definition) is 2. The van der Waals surface area contributed by atoms with E-state index in [-0.39, 0.29) is 0 Å². The molecule has 0 spiro atoms. The molecule has 1 heterocycles. The number of guanidine groups is 1. The highest BCUT2D eigenvalue weighted by Crippen LogP contribution is 2.24. The largest absolute Gasteiger partial charge is 0.357 e. The number of benzene rings is 1. The van der Waals surface area contributed by atoms with Gasteiger partial charge < -0.3 is 10.6 Å². The van der Waals surface area contributed by atoms with Gasteiger partial charge in [-0.25, -0.2) is 4.98 Å². The van der Waals surface area contributed by atoms with Gasteiger partial charge in [-0.3, -0.25) is 9.20 Å². The second kappa shape index (κ2) is 11.6. The predicted molar refractivity (Wildman–Crippen MR) is 130 cm³/mol. The van der Waals surface area contributed by atoms with Crippen molar-refractivity contribution in [2.24, 2.45) is 4.99 Å². The van der Waals surface area contributed by atoms with Crippen LogP contribution in [-0.4, -0.2) is 45.3 Å². The minimum Gasteiger partial charge on any atom is -0.357 e. The molecule has 7 heteroatoms. The highest BCUT2D eigenvalue weighted by molar-refractivity contribution is 7.85. The van der Waals surface area contributed by atoms with E-state index in [1.165, 1.54) is 11.1 Å². The van der Waals surface area contributed by atoms with Crippen molar-refractivity contribution in [1.82, 2.24) is 15.6 Å². The number of aromatic nitrogens is 1. The van der Waals surface area contributed by atoms with E-state index >= 15 is 0 Å². The van der Waals surface area contributed by atoms with Gasteiger partial charge in [0.2, 0.25) is 0 Å². The van der Waals surface area contributed by atoms with Crippen molar-refractivity contribution in [1.29, 1.82) is 0 Å². The number of thiazole rings is 1. The molecule has 3 unspecified atom stereocenters. The third-order valence-corrected chi connectivity index (χ3v) is 8.14. The van der Waals surface area contributed by atoms with Crippen LogP contribution in [0.1, 0.15) is 50.8 Å². The molecule has 0 radical (unpaired) electrons. The van der Waals surface area contributed by atoms with Crippen molar-refractivity contribution in [2.75, 3.05) is 18.8 Å². The first-order chi connectivity index (χ1) is 14.6. The van der Waals surface area contributed by atoms with Gasteiger partial charge in [-0.05, 0) is 33.1 Å². The summed E-state index contributed by atoms with van der Waals surface area (Å²) < 4.78 is 12.2. The molecule has 1 saturated carbocycles. The first kappa shape index (κ1) is 22.9. The van der Waals surface area contributed by atoms with Gasteiger partial charge in [-0.15, -0.1) is 11.3 Å². The van der Waals surface area contributed by atoms with Crippen molar-refractivity contribution in [3.8, 4) is 10.6 Å². The van der Waals surface area contributed by atoms with E-state index in [0.29, 0.717) is 17.8 Å². The molecule has 3 atom stereocenters. The van der Waals surface area contributed by atoms with Crippen LogP contribution in [0, 0.1) is 6.92 Å². The molecule has 1 fully saturated rings. The Bertz CT molecular complexity index is 847. The van der Waals surface area contributed by atoms with Gasteiger partial charge in [0, 0.05) is 58.3 Å². The third kappa shape index (κ3) is 6.64. The van der Waals surface area contributed by atoms with Crippen LogP contribution in [0.5, 0.6) is 0 Å². The normalized spacial score (nSPS) is 20.7. The van der Waals surface area contributed by atoms with Gasteiger partial charge in [0.1, 0.15) is 5.01 Å². The van der Waals surface area contributed by atoms with Crippen molar-refractivity contribution in [3.63, 3.8) is 0 Å². The maximum Gasteiger partial charge on any atom is 0.191 e. The van der Waals surface area contributed by atoms with Gasteiger partial charge >= 0.3 is 0 Å². The fourth-order valence-electron chi connectivity index (χ4n) is 3.80. The van der Waals surface area contributed by atoms with Gasteiger partial charge in [-0.1, -0.05) is 43.2 Å². The zero-order valence-corrected chi connectivity index (χ0v) is 20.0. The van der Waals surface area contributed by atoms with Crippen LogP contribution < -0.4 is 10.6 Å². The zero-order chi connectivity index (χ0) is 21.3. The summed E-state index contributed by atoms with van der Waals surface area (Å²) in [5.41, 5.74) is 3.52. The maximum absolute atomic E-state index is 12.2. The van der Waals surface area contributed by atoms with Crippen molar-refractivity contribution in [2.45, 2.75) is 64.2 Å². The van der Waals surface area contributed by atoms with E-state index in [2.05, 4.69) is 54.1 Å². The Morgan fingerprint density at radius 2 is 2.07 bits per heavy atom. The van der Waals surface area contributed by atoms with Crippen LogP contribution in [0.25, 0.3) is 10.6 Å². The lowest BCUT2D eigenvalue weighted by Gasteiger charge is -2.30. The summed E-state index contributed by atoms with van der Waals surface area (Å²) in [6.07, 6.45) is 5.13. The van der Waals surface area contributed by atoms with Gasteiger partial charge in [0.15, 0.2) is 5.96 Å². The van der Waals surface area contributed by atoms with E-state index in [1.54, 1.807) is 11.3 Å². The van der Waals surface area contributed by atoms with Gasteiger partial charge in [0.05, 0.1) is 5.69 Å². The van der Waals surface area contributed by atoms with Gasteiger partial charge in [-0.2, -0.15) is 0 Å². The molecule has 5 nitrogen and oxygen atoms in total. The summed E-state index contributed by atoms with van der Waals surface area (Å²) in [5.74, 6) is 1.61. The molecule has 1 aromatic carbocycles. The molecule has 0 aliphatic heterocycles. The van der Waals surface area contributed by atoms with Gasteiger partial charge in [0.25, 0.3) is 0 Å². The highest BCUT2D eigenvalue weighted by Gasteiger charge is 2.26. The smallest absolute Gasteiger partial charge is 0.191 e. The van der Waals surface area contributed by atoms with E-state index in [4.69, 9.17) is 9.98 Å². The fraction of sp³-hybridized carbons (Fsp3) is 0.565. The second-order valence-electron chi connectivity index (χ2n) is 7.82. The molecule has 1 aliphatic carbocycles. The Labute approximate surface area is 187 Å². The van der Waals surface area contributed by atoms with Crippen LogP contribution in [0.3, 0.4) is 0 Å². The molecule has 1 aromatic heterocycles. The number of aliphatic imine (C=N–C) groups is 1. The molecule has 1 aliphatic rings. The number of hydrogen-bond acceptors (Lipinski definition) is 4. The Hall–Kier alpha value is -1.73. The third-order valence-electron chi connectivity index (χ3n) is 5.46. The standard InChI is InChI=1S/C23H34N4OS2/c1-4-24-23(27-19-7-6-8-21(15-19)30(28)5-2)25-14-13-20-16-29-22(26-20)18-11-9-17(3)10-12-18/h9-12,16,19,21H,4-8,13-15H2,1-3H3,(H2,24,25,27). The topological polar surface area (TPSA) is 66.4 Å². The van der Waals surface area contributed by atoms with E-state index in [0.717, 1.165) is 61.1 Å². The molecule has 0 bridgehead atoms. The van der Waals surface area contributed by atoms with E-state index in [9.17, 15) is 4.21 Å². The summed E-state index contributed by atoms with van der Waals surface area (Å²) in [5, 5.41) is 10.5. The molecular formula is C23H34N4OS2. The van der Waals surface area contributed by atoms with Crippen LogP contribution >= 0.6 is 11.3 Å². The second-order valence-corrected chi connectivity index (χ2v) is 10.7. The van der Waals surface area contributed by atoms with Crippen molar-refractivity contribution in [3.05, 3.63) is 40.9 Å². The van der Waals surface area contributed by atoms with Crippen molar-refractivity contribution >= 4 is 28.1 Å². The Balaban J connectivity index is 1.55. The summed E-state index contributed by atoms with van der Waals surface area (Å²) in [7, 11) is -0.705. The first-order valence-corrected chi connectivity index (χ1v) is 13.3. The quantitative estimate of drug-likeness (QED) is 0.469. The summed E-state index contributed by atoms with van der Waals surface area (Å²) in [6, 6.07) is 8.87. The van der Waals surface area contributed by atoms with Crippen molar-refractivity contribution < 1.29 is 4.21 Å². The zero-order valence-electron chi connectivity index (χ0n) is 18.3. The Morgan fingerprint density at radius 3 is 2.80 bits per heavy atom. The minimum atomic E-state index is -0.705. The lowest BCUT2D eigenvalue weighted by Crippen LogP contribution is -2.46. The Morgan fingerprint density at radius 1 is 1.27 bits per heavy atom. The summed E-state index contributed by atoms with van der Waals surface area (Å²) >= 11 is 1.69. The predicted octanol–water partition coefficient (Wildman–Crippen LogP) is 4.30. The minimum absolute atomic E-state index is 0.319.